The van der Waals surface area contributed by atoms with E-state index in [1.807, 2.05) is 103 Å². The van der Waals surface area contributed by atoms with Gasteiger partial charge in [0, 0.05) is 216 Å². The van der Waals surface area contributed by atoms with E-state index in [0.717, 1.165) is 59.0 Å². The number of aliphatic hydroxyl groups is 1. The maximum absolute atomic E-state index is 12.6. The number of aliphatic carboxylic acids is 6. The lowest BCUT2D eigenvalue weighted by atomic mass is 10.2. The van der Waals surface area contributed by atoms with Crippen LogP contribution >= 0.6 is 32.9 Å². The number of carbonyl (C=O) groups is 10. The van der Waals surface area contributed by atoms with Crippen molar-refractivity contribution in [3.8, 4) is 0 Å². The number of carboxylic acids is 6. The van der Waals surface area contributed by atoms with Crippen molar-refractivity contribution >= 4 is 92.6 Å². The molecule has 2 unspecified atom stereocenters. The summed E-state index contributed by atoms with van der Waals surface area (Å²) in [5, 5.41) is 84.3. The number of hydrogen-bond donors (Lipinski definition) is 13. The molecule has 40 heteroatoms. The number of carboxylic acid groups (broad SMARTS) is 6. The highest BCUT2D eigenvalue weighted by atomic mass is 79.9. The van der Waals surface area contributed by atoms with Crippen molar-refractivity contribution in [1.82, 2.24) is 80.9 Å². The highest BCUT2D eigenvalue weighted by Gasteiger charge is 2.27. The molecule has 5 aliphatic heterocycles. The summed E-state index contributed by atoms with van der Waals surface area (Å²) in [5.74, 6) is -6.73. The molecule has 38 nitrogen and oxygen atoms in total. The normalized spacial score (nSPS) is 20.0. The van der Waals surface area contributed by atoms with Crippen LogP contribution in [0.4, 0.5) is 0 Å². The van der Waals surface area contributed by atoms with Gasteiger partial charge in [-0.2, -0.15) is 0 Å². The summed E-state index contributed by atoms with van der Waals surface area (Å²) >= 11 is 2.99. The van der Waals surface area contributed by atoms with Crippen molar-refractivity contribution < 1.29 is 107 Å². The summed E-state index contributed by atoms with van der Waals surface area (Å²) < 4.78 is 26.2. The monoisotopic (exact) mass is 1770 g/mol. The third-order valence-corrected chi connectivity index (χ3v) is 16.7. The molecule has 0 aromatic heterocycles. The molecule has 0 saturated carbocycles. The van der Waals surface area contributed by atoms with E-state index in [9.17, 15) is 53.1 Å². The summed E-state index contributed by atoms with van der Waals surface area (Å²) in [5.41, 5.74) is -2.00. The predicted molar refractivity (Wildman–Crippen MR) is 442 cm³/mol. The standard InChI is InChI=1S/C26H50N4O6.C17H32N4O7.C14H26N4O6.C8H20N4.C6H11BrO2.C3H6O.BrH/c1-24(2,3)34-21(31)18-28-12-10-27-11-13-29(19-22(32)35-25(4,5)6)15-17-30(16-14-28)20-23(33)36-26(7,8)9;1-14(22)10-18-2-4-19(11-15(23)24)6-8-21(13-17(27)28)9-7-20(5-3-18)12-16(25)26;19-12(20)9-16-3-1-15-2-4-17(10-13(21)22)6-8-18(7-5-16)11-14(23)24;1-2-10-5-6-12-8-7-11-4-3-9-1;1-6(2,3)9-5(8)4-7;1-3-2-4-3;/h27H,10-20H2,1-9H3;14,22H,2-13H2,1H3,(H,23,24)(H,25,26)(H,27,28);15H,1-11H2,(H,19,20)(H,21,22)(H,23,24);9-12H,1-8H2;4H2,1-3H3;3H,2H2,1H3;1H. The molecule has 0 spiro atoms. The Morgan fingerprint density at radius 3 is 0.640 bits per heavy atom. The van der Waals surface area contributed by atoms with Crippen LogP contribution in [0.15, 0.2) is 0 Å². The van der Waals surface area contributed by atoms with Crippen LogP contribution in [0.3, 0.4) is 0 Å². The highest BCUT2D eigenvalue weighted by Crippen LogP contribution is 2.13. The number of nitrogens with zero attached hydrogens (tertiary/aromatic N) is 10. The number of epoxide rings is 1. The van der Waals surface area contributed by atoms with E-state index in [4.69, 9.17) is 54.3 Å². The number of ether oxygens (including phenoxy) is 5. The van der Waals surface area contributed by atoms with Crippen molar-refractivity contribution in [2.24, 2.45) is 0 Å². The molecule has 0 bridgehead atoms. The maximum atomic E-state index is 12.6. The fourth-order valence-corrected chi connectivity index (χ4v) is 11.2. The second kappa shape index (κ2) is 63.0. The molecule has 5 saturated heterocycles. The third kappa shape index (κ3) is 73.3. The number of nitrogens with one attached hydrogen (secondary N) is 6. The Bertz CT molecular complexity index is 2530. The van der Waals surface area contributed by atoms with Crippen LogP contribution in [0.5, 0.6) is 0 Å². The van der Waals surface area contributed by atoms with E-state index >= 15 is 0 Å². The first-order chi connectivity index (χ1) is 52.8. The van der Waals surface area contributed by atoms with Gasteiger partial charge in [0.05, 0.1) is 77.7 Å². The van der Waals surface area contributed by atoms with Crippen molar-refractivity contribution in [2.75, 3.05) is 287 Å². The van der Waals surface area contributed by atoms with Gasteiger partial charge in [-0.25, -0.2) is 0 Å². The summed E-state index contributed by atoms with van der Waals surface area (Å²) in [6, 6.07) is 0. The average molecular weight is 1770 g/mol. The molecule has 5 heterocycles. The van der Waals surface area contributed by atoms with Gasteiger partial charge in [-0.05, 0) is 96.9 Å². The lowest BCUT2D eigenvalue weighted by molar-refractivity contribution is -0.158. The molecule has 0 aromatic rings. The van der Waals surface area contributed by atoms with E-state index in [1.54, 1.807) is 36.3 Å². The Kier molecular flexibility index (Phi) is 61.4. The molecule has 5 fully saturated rings. The van der Waals surface area contributed by atoms with Gasteiger partial charge in [-0.1, -0.05) is 15.9 Å². The van der Waals surface area contributed by atoms with Crippen LogP contribution in [0.25, 0.3) is 0 Å². The minimum Gasteiger partial charge on any atom is -0.480 e. The fraction of sp³-hybridized carbons (Fsp3) is 0.865. The lowest BCUT2D eigenvalue weighted by Crippen LogP contribution is -2.49. The molecule has 5 rings (SSSR count). The van der Waals surface area contributed by atoms with Gasteiger partial charge in [0.2, 0.25) is 0 Å². The minimum absolute atomic E-state index is 0. The molecule has 114 heavy (non-hydrogen) atoms. The van der Waals surface area contributed by atoms with Crippen molar-refractivity contribution in [1.29, 1.82) is 0 Å². The number of β-amino-alcohol motifs (C(OH)–C–C–N with tert-alkyl or cyclic N) is 1. The molecule has 668 valence electrons. The van der Waals surface area contributed by atoms with E-state index in [0.29, 0.717) is 170 Å². The number of alkyl halides is 1. The maximum Gasteiger partial charge on any atom is 0.320 e. The van der Waals surface area contributed by atoms with Gasteiger partial charge in [-0.15, -0.1) is 17.0 Å². The first kappa shape index (κ1) is 111. The molecule has 0 aliphatic carbocycles. The number of carbonyl (C=O) groups excluding carboxylic acids is 4. The smallest absolute Gasteiger partial charge is 0.320 e. The van der Waals surface area contributed by atoms with Gasteiger partial charge in [0.25, 0.3) is 0 Å². The Morgan fingerprint density at radius 2 is 0.482 bits per heavy atom. The lowest BCUT2D eigenvalue weighted by Gasteiger charge is -2.33. The Labute approximate surface area is 695 Å². The molecule has 5 aliphatic rings. The number of esters is 4. The van der Waals surface area contributed by atoms with E-state index in [-0.39, 0.29) is 111 Å². The Balaban J connectivity index is 0. The SMILES string of the molecule is Br.C1CNCCNCCNCCN1.CC(C)(C)OC(=O)CBr.CC(C)(C)OC(=O)CN1CCNCCN(CC(=O)OC(C)(C)C)CCN(CC(=O)OC(C)(C)C)CC1.CC(O)CN1CCN(CC(=O)O)CCN(CC(=O)O)CCN(CC(=O)O)CC1.CC1CO1.O=C(O)CN1CCNCCN(CC(=O)O)CCN(CC(=O)O)CC1. The number of aliphatic hydroxyl groups excluding tert-OH is 1. The van der Waals surface area contributed by atoms with Crippen LogP contribution in [-0.2, 0) is 71.6 Å². The molecule has 0 amide bonds. The van der Waals surface area contributed by atoms with Gasteiger partial charge in [0.15, 0.2) is 0 Å². The predicted octanol–water partition coefficient (Wildman–Crippen LogP) is -1.82. The Morgan fingerprint density at radius 1 is 0.325 bits per heavy atom. The molecule has 0 radical (unpaired) electrons. The second-order valence-corrected chi connectivity index (χ2v) is 32.7. The third-order valence-electron chi connectivity index (χ3n) is 16.2. The van der Waals surface area contributed by atoms with Crippen LogP contribution in [0.1, 0.15) is 96.9 Å². The molecular weight excluding hydrogens is 1620 g/mol. The first-order valence-electron chi connectivity index (χ1n) is 39.3. The van der Waals surface area contributed by atoms with Crippen LogP contribution in [0.2, 0.25) is 0 Å². The van der Waals surface area contributed by atoms with Crippen LogP contribution in [0, 0.1) is 0 Å². The van der Waals surface area contributed by atoms with E-state index in [2.05, 4.69) is 54.8 Å². The van der Waals surface area contributed by atoms with Crippen LogP contribution < -0.4 is 31.9 Å². The van der Waals surface area contributed by atoms with Gasteiger partial charge in [0.1, 0.15) is 27.7 Å². The molecular formula is C74H146Br2N16O22. The van der Waals surface area contributed by atoms with Crippen molar-refractivity contribution in [2.45, 2.75) is 132 Å². The summed E-state index contributed by atoms with van der Waals surface area (Å²) in [7, 11) is 0. The summed E-state index contributed by atoms with van der Waals surface area (Å²) in [6.45, 7) is 48.1. The van der Waals surface area contributed by atoms with E-state index in [1.165, 1.54) is 0 Å². The summed E-state index contributed by atoms with van der Waals surface area (Å²) in [6.07, 6.45) is 0.0276. The van der Waals surface area contributed by atoms with E-state index < -0.39 is 58.7 Å². The molecule has 2 atom stereocenters. The quantitative estimate of drug-likeness (QED) is 0.0260. The molecule has 0 aromatic carbocycles. The number of hydrogen-bond acceptors (Lipinski definition) is 32. The topological polar surface area (TPSA) is 466 Å². The van der Waals surface area contributed by atoms with Gasteiger partial charge < -0.3 is 91.3 Å². The summed E-state index contributed by atoms with van der Waals surface area (Å²) in [4.78, 5) is 133. The minimum atomic E-state index is -0.982. The zero-order valence-corrected chi connectivity index (χ0v) is 74.1. The van der Waals surface area contributed by atoms with Crippen LogP contribution in [-0.4, -0.2) is 466 Å². The van der Waals surface area contributed by atoms with Gasteiger partial charge in [-0.3, -0.25) is 96.9 Å². The molecule has 13 N–H and O–H groups in total. The fourth-order valence-electron chi connectivity index (χ4n) is 11.0. The average Bonchev–Trinajstić information content (AvgIpc) is 1.41. The highest BCUT2D eigenvalue weighted by molar-refractivity contribution is 9.09. The number of rotatable bonds is 21. The van der Waals surface area contributed by atoms with Gasteiger partial charge >= 0.3 is 59.7 Å². The zero-order valence-electron chi connectivity index (χ0n) is 70.8. The Hall–Kier alpha value is -5.06. The second-order valence-electron chi connectivity index (χ2n) is 32.1. The zero-order chi connectivity index (χ0) is 85.6. The first-order valence-corrected chi connectivity index (χ1v) is 40.4. The largest absolute Gasteiger partial charge is 0.480 e. The number of halogens is 2. The van der Waals surface area contributed by atoms with Crippen molar-refractivity contribution in [3.05, 3.63) is 0 Å². The van der Waals surface area contributed by atoms with Crippen molar-refractivity contribution in [3.63, 3.8) is 0 Å².